The fourth-order valence-corrected chi connectivity index (χ4v) is 2.88. The molecular weight excluding hydrogens is 274 g/mol. The second-order valence-electron chi connectivity index (χ2n) is 5.64. The van der Waals surface area contributed by atoms with E-state index in [4.69, 9.17) is 4.74 Å². The summed E-state index contributed by atoms with van der Waals surface area (Å²) >= 11 is 0. The van der Waals surface area contributed by atoms with E-state index in [0.29, 0.717) is 24.8 Å². The topological polar surface area (TPSA) is 24.5 Å². The van der Waals surface area contributed by atoms with Crippen molar-refractivity contribution in [2.24, 2.45) is 0 Å². The zero-order valence-corrected chi connectivity index (χ0v) is 12.9. The van der Waals surface area contributed by atoms with Gasteiger partial charge in [-0.3, -0.25) is 4.90 Å². The number of hydrogen-bond donors (Lipinski definition) is 1. The Morgan fingerprint density at radius 3 is 2.86 bits per heavy atom. The van der Waals surface area contributed by atoms with Crippen LogP contribution in [-0.4, -0.2) is 43.8 Å². The fourth-order valence-electron chi connectivity index (χ4n) is 2.88. The summed E-state index contributed by atoms with van der Waals surface area (Å²) in [6.45, 7) is 6.31. The van der Waals surface area contributed by atoms with Crippen LogP contribution in [-0.2, 0) is 4.74 Å². The van der Waals surface area contributed by atoms with Gasteiger partial charge < -0.3 is 10.1 Å². The Morgan fingerprint density at radius 1 is 1.43 bits per heavy atom. The molecular formula is C16H24F2N2O. The monoisotopic (exact) mass is 298 g/mol. The molecule has 0 bridgehead atoms. The van der Waals surface area contributed by atoms with E-state index in [1.807, 2.05) is 6.92 Å². The average Bonchev–Trinajstić information content (AvgIpc) is 2.48. The summed E-state index contributed by atoms with van der Waals surface area (Å²) in [4.78, 5) is 2.31. The number of nitrogens with zero attached hydrogens (tertiary/aromatic N) is 1. The van der Waals surface area contributed by atoms with Crippen molar-refractivity contribution in [2.45, 2.75) is 38.5 Å². The van der Waals surface area contributed by atoms with Gasteiger partial charge in [-0.2, -0.15) is 0 Å². The number of ether oxygens (including phenoxy) is 1. The van der Waals surface area contributed by atoms with E-state index in [1.165, 1.54) is 0 Å². The van der Waals surface area contributed by atoms with E-state index in [9.17, 15) is 8.78 Å². The van der Waals surface area contributed by atoms with Crippen molar-refractivity contribution in [3.63, 3.8) is 0 Å². The summed E-state index contributed by atoms with van der Waals surface area (Å²) in [6, 6.07) is 4.44. The van der Waals surface area contributed by atoms with Gasteiger partial charge in [0.2, 0.25) is 0 Å². The highest BCUT2D eigenvalue weighted by molar-refractivity contribution is 5.23. The van der Waals surface area contributed by atoms with E-state index in [1.54, 1.807) is 19.2 Å². The number of morpholine rings is 1. The lowest BCUT2D eigenvalue weighted by Crippen LogP contribution is -2.51. The number of nitrogens with one attached hydrogen (secondary N) is 1. The molecule has 1 saturated heterocycles. The van der Waals surface area contributed by atoms with E-state index < -0.39 is 11.6 Å². The molecule has 3 unspecified atom stereocenters. The van der Waals surface area contributed by atoms with E-state index in [-0.39, 0.29) is 12.1 Å². The molecule has 0 aromatic heterocycles. The second-order valence-corrected chi connectivity index (χ2v) is 5.64. The van der Waals surface area contributed by atoms with Gasteiger partial charge in [0.15, 0.2) is 11.6 Å². The maximum Gasteiger partial charge on any atom is 0.163 e. The van der Waals surface area contributed by atoms with Crippen LogP contribution in [0.25, 0.3) is 0 Å². The fraction of sp³-hybridized carbons (Fsp3) is 0.625. The Balaban J connectivity index is 2.15. The van der Waals surface area contributed by atoms with Crippen LogP contribution in [0.3, 0.4) is 0 Å². The van der Waals surface area contributed by atoms with Crippen molar-refractivity contribution in [1.29, 1.82) is 0 Å². The highest BCUT2D eigenvalue weighted by Gasteiger charge is 2.28. The van der Waals surface area contributed by atoms with Gasteiger partial charge in [-0.25, -0.2) is 8.78 Å². The van der Waals surface area contributed by atoms with E-state index in [0.717, 1.165) is 19.0 Å². The molecule has 5 heteroatoms. The van der Waals surface area contributed by atoms with Crippen molar-refractivity contribution in [1.82, 2.24) is 10.2 Å². The summed E-state index contributed by atoms with van der Waals surface area (Å²) < 4.78 is 33.1. The first-order valence-corrected chi connectivity index (χ1v) is 7.53. The summed E-state index contributed by atoms with van der Waals surface area (Å²) in [7, 11) is 1.78. The van der Waals surface area contributed by atoms with Gasteiger partial charge in [-0.1, -0.05) is 19.1 Å². The maximum absolute atomic E-state index is 14.0. The molecule has 0 aliphatic carbocycles. The Kier molecular flexibility index (Phi) is 5.67. The van der Waals surface area contributed by atoms with Gasteiger partial charge in [0, 0.05) is 30.7 Å². The number of benzene rings is 1. The van der Waals surface area contributed by atoms with E-state index in [2.05, 4.69) is 17.1 Å². The molecule has 0 amide bonds. The number of hydrogen-bond acceptors (Lipinski definition) is 3. The van der Waals surface area contributed by atoms with Gasteiger partial charge in [0.05, 0.1) is 12.7 Å². The molecule has 3 atom stereocenters. The molecule has 118 valence electrons. The largest absolute Gasteiger partial charge is 0.376 e. The molecule has 1 fully saturated rings. The molecule has 1 aliphatic rings. The van der Waals surface area contributed by atoms with Crippen LogP contribution in [0, 0.1) is 11.6 Å². The van der Waals surface area contributed by atoms with Gasteiger partial charge in [-0.05, 0) is 26.5 Å². The lowest BCUT2D eigenvalue weighted by atomic mass is 10.0. The molecule has 2 rings (SSSR count). The van der Waals surface area contributed by atoms with Gasteiger partial charge in [0.25, 0.3) is 0 Å². The lowest BCUT2D eigenvalue weighted by Gasteiger charge is -2.40. The second kappa shape index (κ2) is 7.29. The Bertz CT molecular complexity index is 470. The lowest BCUT2D eigenvalue weighted by molar-refractivity contribution is -0.0585. The van der Waals surface area contributed by atoms with Gasteiger partial charge in [0.1, 0.15) is 0 Å². The zero-order valence-electron chi connectivity index (χ0n) is 12.9. The average molecular weight is 298 g/mol. The normalized spacial score (nSPS) is 25.0. The first kappa shape index (κ1) is 16.3. The highest BCUT2D eigenvalue weighted by atomic mass is 19.2. The maximum atomic E-state index is 14.0. The smallest absolute Gasteiger partial charge is 0.163 e. The van der Waals surface area contributed by atoms with Crippen molar-refractivity contribution >= 4 is 0 Å². The van der Waals surface area contributed by atoms with Crippen LogP contribution in [0.4, 0.5) is 8.78 Å². The molecule has 0 spiro atoms. The Labute approximate surface area is 125 Å². The minimum atomic E-state index is -0.796. The molecule has 1 aliphatic heterocycles. The van der Waals surface area contributed by atoms with Crippen LogP contribution < -0.4 is 5.32 Å². The third-order valence-corrected chi connectivity index (χ3v) is 4.17. The predicted molar refractivity (Wildman–Crippen MR) is 79.2 cm³/mol. The summed E-state index contributed by atoms with van der Waals surface area (Å²) in [5.74, 6) is -1.55. The van der Waals surface area contributed by atoms with Crippen LogP contribution in [0.5, 0.6) is 0 Å². The van der Waals surface area contributed by atoms with E-state index >= 15 is 0 Å². The molecule has 3 nitrogen and oxygen atoms in total. The highest BCUT2D eigenvalue weighted by Crippen LogP contribution is 2.23. The summed E-state index contributed by atoms with van der Waals surface area (Å²) in [6.07, 6.45) is 1.15. The van der Waals surface area contributed by atoms with Gasteiger partial charge in [-0.15, -0.1) is 0 Å². The third kappa shape index (κ3) is 3.78. The predicted octanol–water partition coefficient (Wildman–Crippen LogP) is 2.72. The molecule has 1 N–H and O–H groups in total. The molecule has 1 aromatic rings. The standard InChI is InChI=1S/C16H24F2N2O/c1-4-12-10-21-11(2)8-20(12)9-15(19-3)13-6-5-7-14(17)16(13)18/h5-7,11-12,15,19H,4,8-10H2,1-3H3. The quantitative estimate of drug-likeness (QED) is 0.904. The molecule has 21 heavy (non-hydrogen) atoms. The Hall–Kier alpha value is -1.04. The van der Waals surface area contributed by atoms with Gasteiger partial charge >= 0.3 is 0 Å². The Morgan fingerprint density at radius 2 is 2.19 bits per heavy atom. The molecule has 0 radical (unpaired) electrons. The van der Waals surface area contributed by atoms with Crippen molar-refractivity contribution in [3.05, 3.63) is 35.4 Å². The molecule has 1 aromatic carbocycles. The van der Waals surface area contributed by atoms with Crippen LogP contribution in [0.2, 0.25) is 0 Å². The van der Waals surface area contributed by atoms with Crippen LogP contribution in [0.1, 0.15) is 31.9 Å². The first-order chi connectivity index (χ1) is 10.1. The van der Waals surface area contributed by atoms with Crippen molar-refractivity contribution < 1.29 is 13.5 Å². The van der Waals surface area contributed by atoms with Crippen LogP contribution in [0.15, 0.2) is 18.2 Å². The molecule has 0 saturated carbocycles. The minimum absolute atomic E-state index is 0.169. The SMILES string of the molecule is CCC1COC(C)CN1CC(NC)c1cccc(F)c1F. The number of rotatable bonds is 5. The number of likely N-dealkylation sites (N-methyl/N-ethyl adjacent to an activating group) is 1. The molecule has 1 heterocycles. The van der Waals surface area contributed by atoms with Crippen molar-refractivity contribution in [2.75, 3.05) is 26.7 Å². The first-order valence-electron chi connectivity index (χ1n) is 7.53. The third-order valence-electron chi connectivity index (χ3n) is 4.17. The summed E-state index contributed by atoms with van der Waals surface area (Å²) in [5, 5.41) is 3.10. The zero-order chi connectivity index (χ0) is 15.4. The van der Waals surface area contributed by atoms with Crippen molar-refractivity contribution in [3.8, 4) is 0 Å². The number of halogens is 2. The van der Waals surface area contributed by atoms with Crippen LogP contribution >= 0.6 is 0 Å². The minimum Gasteiger partial charge on any atom is -0.376 e. The summed E-state index contributed by atoms with van der Waals surface area (Å²) in [5.41, 5.74) is 0.381.